The number of hydrogen-bond donors (Lipinski definition) is 3. The second-order valence-electron chi connectivity index (χ2n) is 3.98. The second-order valence-corrected chi connectivity index (χ2v) is 5.64. The van der Waals surface area contributed by atoms with Gasteiger partial charge in [-0.25, -0.2) is 4.83 Å². The van der Waals surface area contributed by atoms with Crippen molar-refractivity contribution in [3.8, 4) is 5.75 Å². The van der Waals surface area contributed by atoms with Crippen molar-refractivity contribution in [1.82, 2.24) is 4.83 Å². The van der Waals surface area contributed by atoms with Gasteiger partial charge in [-0.1, -0.05) is 12.1 Å². The number of nitrogens with one attached hydrogen (secondary N) is 1. The molecule has 0 saturated heterocycles. The lowest BCUT2D eigenvalue weighted by molar-refractivity contribution is 0.474. The fourth-order valence-corrected chi connectivity index (χ4v) is 2.25. The molecule has 0 fully saturated rings. The van der Waals surface area contributed by atoms with Gasteiger partial charge < -0.3 is 10.8 Å². The number of nitrogens with zero attached hydrogens (tertiary/aromatic N) is 1. The average Bonchev–Trinajstić information content (AvgIpc) is 2.41. The minimum atomic E-state index is -3.75. The van der Waals surface area contributed by atoms with Gasteiger partial charge in [0.1, 0.15) is 5.75 Å². The zero-order valence-electron chi connectivity index (χ0n) is 10.4. The lowest BCUT2D eigenvalue weighted by Gasteiger charge is -2.03. The molecular formula is C13H13N3O3S. The molecule has 4 N–H and O–H groups in total. The molecule has 6 nitrogen and oxygen atoms in total. The van der Waals surface area contributed by atoms with Crippen molar-refractivity contribution in [3.05, 3.63) is 54.1 Å². The number of phenols is 1. The van der Waals surface area contributed by atoms with Gasteiger partial charge in [-0.2, -0.15) is 13.5 Å². The highest BCUT2D eigenvalue weighted by Crippen LogP contribution is 2.13. The van der Waals surface area contributed by atoms with Gasteiger partial charge in [0.15, 0.2) is 0 Å². The molecule has 104 valence electrons. The summed E-state index contributed by atoms with van der Waals surface area (Å²) in [6.45, 7) is 0. The van der Waals surface area contributed by atoms with Crippen molar-refractivity contribution >= 4 is 21.9 Å². The van der Waals surface area contributed by atoms with Crippen molar-refractivity contribution in [2.75, 3.05) is 5.73 Å². The van der Waals surface area contributed by atoms with Crippen molar-refractivity contribution in [1.29, 1.82) is 0 Å². The molecule has 20 heavy (non-hydrogen) atoms. The Balaban J connectivity index is 2.14. The molecule has 0 atom stereocenters. The summed E-state index contributed by atoms with van der Waals surface area (Å²) >= 11 is 0. The first kappa shape index (κ1) is 13.9. The molecule has 2 rings (SSSR count). The van der Waals surface area contributed by atoms with Crippen molar-refractivity contribution in [2.24, 2.45) is 5.10 Å². The number of hydrogen-bond acceptors (Lipinski definition) is 5. The molecule has 2 aromatic carbocycles. The van der Waals surface area contributed by atoms with Crippen LogP contribution in [0.25, 0.3) is 0 Å². The lowest BCUT2D eigenvalue weighted by Crippen LogP contribution is -2.18. The number of sulfonamides is 1. The number of hydrazone groups is 1. The van der Waals surface area contributed by atoms with Crippen LogP contribution < -0.4 is 10.6 Å². The minimum Gasteiger partial charge on any atom is -0.507 e. The fraction of sp³-hybridized carbons (Fsp3) is 0. The Morgan fingerprint density at radius 2 is 1.75 bits per heavy atom. The highest BCUT2D eigenvalue weighted by atomic mass is 32.2. The first-order chi connectivity index (χ1) is 9.49. The van der Waals surface area contributed by atoms with Gasteiger partial charge in [0.2, 0.25) is 0 Å². The molecule has 0 spiro atoms. The van der Waals surface area contributed by atoms with E-state index in [1.54, 1.807) is 18.2 Å². The van der Waals surface area contributed by atoms with Crippen molar-refractivity contribution < 1.29 is 13.5 Å². The Morgan fingerprint density at radius 1 is 1.10 bits per heavy atom. The number of anilines is 1. The van der Waals surface area contributed by atoms with Gasteiger partial charge in [-0.3, -0.25) is 0 Å². The number of rotatable bonds is 4. The smallest absolute Gasteiger partial charge is 0.276 e. The number of nitrogen functional groups attached to an aromatic ring is 1. The van der Waals surface area contributed by atoms with E-state index in [1.165, 1.54) is 36.5 Å². The van der Waals surface area contributed by atoms with Crippen LogP contribution in [0.1, 0.15) is 5.56 Å². The number of para-hydroxylation sites is 1. The Labute approximate surface area is 116 Å². The molecule has 0 aliphatic heterocycles. The summed E-state index contributed by atoms with van der Waals surface area (Å²) in [5.74, 6) is 0.0166. The number of benzene rings is 2. The van der Waals surface area contributed by atoms with Gasteiger partial charge in [0.25, 0.3) is 10.0 Å². The summed E-state index contributed by atoms with van der Waals surface area (Å²) in [6, 6.07) is 12.2. The maximum absolute atomic E-state index is 11.9. The van der Waals surface area contributed by atoms with E-state index in [9.17, 15) is 13.5 Å². The number of phenolic OH excluding ortho intramolecular Hbond substituents is 1. The SMILES string of the molecule is Nc1ccc(S(=O)(=O)N/N=C/c2ccccc2O)cc1. The van der Waals surface area contributed by atoms with Crippen LogP contribution in [-0.2, 0) is 10.0 Å². The molecule has 0 aliphatic rings. The van der Waals surface area contributed by atoms with Crippen LogP contribution in [0.4, 0.5) is 5.69 Å². The topological polar surface area (TPSA) is 105 Å². The molecule has 7 heteroatoms. The molecular weight excluding hydrogens is 278 g/mol. The highest BCUT2D eigenvalue weighted by molar-refractivity contribution is 7.89. The summed E-state index contributed by atoms with van der Waals surface area (Å²) < 4.78 is 23.8. The van der Waals surface area contributed by atoms with Crippen LogP contribution in [-0.4, -0.2) is 19.7 Å². The second kappa shape index (κ2) is 5.62. The first-order valence-electron chi connectivity index (χ1n) is 5.67. The Hall–Kier alpha value is -2.54. The maximum atomic E-state index is 11.9. The Kier molecular flexibility index (Phi) is 3.90. The van der Waals surface area contributed by atoms with E-state index in [0.717, 1.165) is 0 Å². The van der Waals surface area contributed by atoms with E-state index in [0.29, 0.717) is 11.3 Å². The summed E-state index contributed by atoms with van der Waals surface area (Å²) in [4.78, 5) is 2.12. The Morgan fingerprint density at radius 3 is 2.40 bits per heavy atom. The standard InChI is InChI=1S/C13H13N3O3S/c14-11-5-7-12(8-6-11)20(18,19)16-15-9-10-3-1-2-4-13(10)17/h1-9,16-17H,14H2/b15-9+. The van der Waals surface area contributed by atoms with Crippen LogP contribution in [0, 0.1) is 0 Å². The largest absolute Gasteiger partial charge is 0.507 e. The highest BCUT2D eigenvalue weighted by Gasteiger charge is 2.11. The first-order valence-corrected chi connectivity index (χ1v) is 7.16. The quantitative estimate of drug-likeness (QED) is 0.448. The molecule has 0 heterocycles. The van der Waals surface area contributed by atoms with E-state index < -0.39 is 10.0 Å². The van der Waals surface area contributed by atoms with Crippen LogP contribution in [0.2, 0.25) is 0 Å². The molecule has 0 saturated carbocycles. The summed E-state index contributed by atoms with van der Waals surface area (Å²) in [5, 5.41) is 13.1. The Bertz CT molecular complexity index is 725. The molecule has 0 bridgehead atoms. The third-order valence-corrected chi connectivity index (χ3v) is 3.74. The summed E-state index contributed by atoms with van der Waals surface area (Å²) in [7, 11) is -3.75. The van der Waals surface area contributed by atoms with Crippen molar-refractivity contribution in [2.45, 2.75) is 4.90 Å². The summed E-state index contributed by atoms with van der Waals surface area (Å²) in [6.07, 6.45) is 1.23. The summed E-state index contributed by atoms with van der Waals surface area (Å²) in [5.41, 5.74) is 6.37. The van der Waals surface area contributed by atoms with Gasteiger partial charge in [-0.05, 0) is 36.4 Å². The molecule has 0 radical (unpaired) electrons. The molecule has 2 aromatic rings. The fourth-order valence-electron chi connectivity index (χ4n) is 1.46. The average molecular weight is 291 g/mol. The zero-order chi connectivity index (χ0) is 14.6. The predicted octanol–water partition coefficient (Wildman–Crippen LogP) is 1.29. The monoisotopic (exact) mass is 291 g/mol. The van der Waals surface area contributed by atoms with E-state index >= 15 is 0 Å². The zero-order valence-corrected chi connectivity index (χ0v) is 11.2. The lowest BCUT2D eigenvalue weighted by atomic mass is 10.2. The predicted molar refractivity (Wildman–Crippen MR) is 76.9 cm³/mol. The normalized spacial score (nSPS) is 11.6. The van der Waals surface area contributed by atoms with E-state index in [1.807, 2.05) is 0 Å². The van der Waals surface area contributed by atoms with Crippen LogP contribution in [0.3, 0.4) is 0 Å². The number of aromatic hydroxyl groups is 1. The molecule has 0 amide bonds. The third-order valence-electron chi connectivity index (χ3n) is 2.50. The van der Waals surface area contributed by atoms with Crippen LogP contribution in [0.15, 0.2) is 58.5 Å². The molecule has 0 aromatic heterocycles. The van der Waals surface area contributed by atoms with Gasteiger partial charge in [-0.15, -0.1) is 0 Å². The third kappa shape index (κ3) is 3.27. The van der Waals surface area contributed by atoms with Gasteiger partial charge >= 0.3 is 0 Å². The minimum absolute atomic E-state index is 0.0166. The van der Waals surface area contributed by atoms with Gasteiger partial charge in [0.05, 0.1) is 11.1 Å². The molecule has 0 unspecified atom stereocenters. The van der Waals surface area contributed by atoms with E-state index in [2.05, 4.69) is 9.93 Å². The maximum Gasteiger partial charge on any atom is 0.276 e. The molecule has 0 aliphatic carbocycles. The van der Waals surface area contributed by atoms with Gasteiger partial charge in [0, 0.05) is 11.3 Å². The van der Waals surface area contributed by atoms with Crippen LogP contribution in [0.5, 0.6) is 5.75 Å². The van der Waals surface area contributed by atoms with E-state index in [4.69, 9.17) is 5.73 Å². The van der Waals surface area contributed by atoms with E-state index in [-0.39, 0.29) is 10.6 Å². The van der Waals surface area contributed by atoms with Crippen LogP contribution >= 0.6 is 0 Å². The number of nitrogens with two attached hydrogens (primary N) is 1. The van der Waals surface area contributed by atoms with Crippen molar-refractivity contribution in [3.63, 3.8) is 0 Å².